The molecule has 8 heteroatoms. The number of nitrogens with zero attached hydrogens (tertiary/aromatic N) is 1. The van der Waals surface area contributed by atoms with Gasteiger partial charge in [0.2, 0.25) is 0 Å². The van der Waals surface area contributed by atoms with Gasteiger partial charge in [0.05, 0.1) is 25.3 Å². The van der Waals surface area contributed by atoms with Crippen LogP contribution in [0.4, 0.5) is 4.79 Å². The summed E-state index contributed by atoms with van der Waals surface area (Å²) in [4.78, 5) is 27.7. The van der Waals surface area contributed by atoms with Crippen molar-refractivity contribution < 1.29 is 28.2 Å². The van der Waals surface area contributed by atoms with Crippen molar-refractivity contribution >= 4 is 30.6 Å². The number of benzene rings is 4. The number of cyclic esters (lactones) is 1. The number of hydrogen-bond acceptors (Lipinski definition) is 6. The van der Waals surface area contributed by atoms with Gasteiger partial charge >= 0.3 is 6.09 Å². The molecule has 0 bridgehead atoms. The highest BCUT2D eigenvalue weighted by Crippen LogP contribution is 2.38. The molecule has 4 aromatic rings. The lowest BCUT2D eigenvalue weighted by atomic mass is 10.0. The van der Waals surface area contributed by atoms with Crippen molar-refractivity contribution in [1.29, 1.82) is 0 Å². The molecule has 0 radical (unpaired) electrons. The van der Waals surface area contributed by atoms with Crippen LogP contribution in [0.5, 0.6) is 0 Å². The molecule has 302 valence electrons. The molecule has 2 fully saturated rings. The van der Waals surface area contributed by atoms with Crippen molar-refractivity contribution in [1.82, 2.24) is 4.90 Å². The Labute approximate surface area is 341 Å². The highest BCUT2D eigenvalue weighted by Gasteiger charge is 2.56. The highest BCUT2D eigenvalue weighted by atomic mass is 28.4. The minimum atomic E-state index is -2.58. The quantitative estimate of drug-likeness (QED) is 0.0449. The van der Waals surface area contributed by atoms with Crippen LogP contribution in [0.2, 0.25) is 5.04 Å². The molecule has 0 spiro atoms. The number of rotatable bonds is 22. The van der Waals surface area contributed by atoms with Crippen LogP contribution in [0.1, 0.15) is 89.7 Å². The Morgan fingerprint density at radius 2 is 1.23 bits per heavy atom. The van der Waals surface area contributed by atoms with E-state index in [1.165, 1.54) is 10.4 Å². The molecular formula is C49H61NO6Si. The van der Waals surface area contributed by atoms with Gasteiger partial charge in [0.25, 0.3) is 8.32 Å². The summed E-state index contributed by atoms with van der Waals surface area (Å²) in [6.07, 6.45) is 11.1. The van der Waals surface area contributed by atoms with Gasteiger partial charge in [-0.15, -0.1) is 0 Å². The van der Waals surface area contributed by atoms with Crippen molar-refractivity contribution in [2.75, 3.05) is 13.2 Å². The van der Waals surface area contributed by atoms with E-state index in [1.54, 1.807) is 0 Å². The summed E-state index contributed by atoms with van der Waals surface area (Å²) in [6.45, 7) is 8.65. The average Bonchev–Trinajstić information content (AvgIpc) is 3.75. The molecule has 7 nitrogen and oxygen atoms in total. The fraction of sp³-hybridized carbons (Fsp3) is 0.429. The second-order valence-electron chi connectivity index (χ2n) is 16.4. The normalized spacial score (nSPS) is 19.6. The maximum Gasteiger partial charge on any atom is 0.410 e. The molecule has 0 aliphatic carbocycles. The van der Waals surface area contributed by atoms with E-state index in [0.29, 0.717) is 45.1 Å². The van der Waals surface area contributed by atoms with Gasteiger partial charge < -0.3 is 18.6 Å². The van der Waals surface area contributed by atoms with Crippen LogP contribution in [0.15, 0.2) is 133 Å². The Morgan fingerprint density at radius 3 is 1.81 bits per heavy atom. The molecule has 57 heavy (non-hydrogen) atoms. The summed E-state index contributed by atoms with van der Waals surface area (Å²) in [5.41, 5.74) is 2.18. The van der Waals surface area contributed by atoms with Gasteiger partial charge in [-0.25, -0.2) is 4.79 Å². The first kappa shape index (κ1) is 42.3. The molecule has 2 heterocycles. The summed E-state index contributed by atoms with van der Waals surface area (Å²) in [6, 6.07) is 41.3. The zero-order valence-electron chi connectivity index (χ0n) is 34.1. The summed E-state index contributed by atoms with van der Waals surface area (Å²) < 4.78 is 25.6. The van der Waals surface area contributed by atoms with E-state index < -0.39 is 8.32 Å². The first-order valence-corrected chi connectivity index (χ1v) is 22.9. The number of amides is 1. The van der Waals surface area contributed by atoms with Crippen LogP contribution in [0.3, 0.4) is 0 Å². The smallest absolute Gasteiger partial charge is 0.410 e. The SMILES string of the molecule is CC(C)(C)[Si](OCCCC(=O)CCCCC/C=C/CC[C@@H]1[C@@H](OCc2ccccc2)[C@H](OCc2ccccc2)[C@H]2COC(=O)N12)(c1ccccc1)c1ccccc1. The Balaban J connectivity index is 0.930. The number of carbonyl (C=O) groups excluding carboxylic acids is 2. The Kier molecular flexibility index (Phi) is 15.5. The Hall–Kier alpha value is -4.34. The molecule has 4 atom stereocenters. The third-order valence-electron chi connectivity index (χ3n) is 11.4. The number of ketones is 1. The number of unbranched alkanes of at least 4 members (excludes halogenated alkanes) is 3. The zero-order valence-corrected chi connectivity index (χ0v) is 35.1. The topological polar surface area (TPSA) is 74.3 Å². The van der Waals surface area contributed by atoms with E-state index in [9.17, 15) is 9.59 Å². The second-order valence-corrected chi connectivity index (χ2v) is 20.7. The minimum Gasteiger partial charge on any atom is -0.447 e. The van der Waals surface area contributed by atoms with E-state index in [2.05, 4.69) is 118 Å². The fourth-order valence-corrected chi connectivity index (χ4v) is 13.2. The van der Waals surface area contributed by atoms with Gasteiger partial charge in [-0.1, -0.05) is 161 Å². The van der Waals surface area contributed by atoms with E-state index in [-0.39, 0.29) is 35.4 Å². The summed E-state index contributed by atoms with van der Waals surface area (Å²) in [5.74, 6) is 0.321. The molecular weight excluding hydrogens is 727 g/mol. The summed E-state index contributed by atoms with van der Waals surface area (Å²) in [5, 5.41) is 2.46. The maximum absolute atomic E-state index is 13.0. The number of ether oxygens (including phenoxy) is 3. The predicted molar refractivity (Wildman–Crippen MR) is 230 cm³/mol. The number of Topliss-reactive ketones (excluding diaryl/α,β-unsaturated/α-hetero) is 1. The van der Waals surface area contributed by atoms with E-state index in [0.717, 1.165) is 56.1 Å². The molecule has 0 unspecified atom stereocenters. The first-order chi connectivity index (χ1) is 27.8. The zero-order chi connectivity index (χ0) is 39.9. The van der Waals surface area contributed by atoms with Crippen molar-refractivity contribution in [3.8, 4) is 0 Å². The maximum atomic E-state index is 13.0. The second kappa shape index (κ2) is 20.9. The van der Waals surface area contributed by atoms with E-state index >= 15 is 0 Å². The predicted octanol–water partition coefficient (Wildman–Crippen LogP) is 9.57. The molecule has 0 N–H and O–H groups in total. The molecule has 2 aliphatic heterocycles. The van der Waals surface area contributed by atoms with Crippen molar-refractivity contribution in [3.63, 3.8) is 0 Å². The van der Waals surface area contributed by atoms with Gasteiger partial charge in [-0.05, 0) is 65.1 Å². The standard InChI is InChI=1S/C49H61NO6Si/c1-49(2,3)57(42-30-18-11-19-31-42,43-32-20-12-21-33-43)56-35-23-29-41(51)28-17-7-5-4-6-8-22-34-44-46(53-36-39-24-13-9-14-25-39)47(45-38-55-48(52)50(44)45)54-37-40-26-15-10-16-27-40/h6,8-16,18-21,24-27,30-33,44-47H,4-5,7,17,22-23,28-29,34-38H2,1-3H3/b8-6+/t44-,45-,46-,47-/m1/s1. The third-order valence-corrected chi connectivity index (χ3v) is 16.5. The van der Waals surface area contributed by atoms with E-state index in [4.69, 9.17) is 18.6 Å². The average molecular weight is 788 g/mol. The van der Waals surface area contributed by atoms with Gasteiger partial charge in [0, 0.05) is 19.4 Å². The lowest BCUT2D eigenvalue weighted by Gasteiger charge is -2.43. The first-order valence-electron chi connectivity index (χ1n) is 21.0. The van der Waals surface area contributed by atoms with Gasteiger partial charge in [-0.3, -0.25) is 9.69 Å². The van der Waals surface area contributed by atoms with Crippen LogP contribution in [0, 0.1) is 0 Å². The largest absolute Gasteiger partial charge is 0.447 e. The number of fused-ring (bicyclic) bond motifs is 1. The molecule has 4 aromatic carbocycles. The fourth-order valence-electron chi connectivity index (χ4n) is 8.57. The number of carbonyl (C=O) groups is 2. The molecule has 2 saturated heterocycles. The van der Waals surface area contributed by atoms with Crippen molar-refractivity contribution in [2.45, 2.75) is 121 Å². The van der Waals surface area contributed by atoms with Crippen LogP contribution >= 0.6 is 0 Å². The molecule has 1 amide bonds. The number of hydrogen-bond donors (Lipinski definition) is 0. The van der Waals surface area contributed by atoms with Crippen LogP contribution in [-0.2, 0) is 36.6 Å². The minimum absolute atomic E-state index is 0.0738. The highest BCUT2D eigenvalue weighted by molar-refractivity contribution is 6.99. The molecule has 0 saturated carbocycles. The van der Waals surface area contributed by atoms with Crippen LogP contribution in [-0.4, -0.2) is 62.6 Å². The van der Waals surface area contributed by atoms with Gasteiger partial charge in [-0.2, -0.15) is 0 Å². The molecule has 0 aromatic heterocycles. The van der Waals surface area contributed by atoms with Gasteiger partial charge in [0.1, 0.15) is 24.6 Å². The summed E-state index contributed by atoms with van der Waals surface area (Å²) >= 11 is 0. The van der Waals surface area contributed by atoms with Crippen molar-refractivity contribution in [3.05, 3.63) is 145 Å². The monoisotopic (exact) mass is 787 g/mol. The summed E-state index contributed by atoms with van der Waals surface area (Å²) in [7, 11) is -2.58. The van der Waals surface area contributed by atoms with Crippen LogP contribution in [0.25, 0.3) is 0 Å². The lowest BCUT2D eigenvalue weighted by Crippen LogP contribution is -2.66. The Morgan fingerprint density at radius 1 is 0.702 bits per heavy atom. The van der Waals surface area contributed by atoms with Crippen LogP contribution < -0.4 is 10.4 Å². The van der Waals surface area contributed by atoms with E-state index in [1.807, 2.05) is 41.3 Å². The molecule has 6 rings (SSSR count). The third kappa shape index (κ3) is 11.0. The Bertz CT molecular complexity index is 1790. The number of allylic oxidation sites excluding steroid dienone is 2. The van der Waals surface area contributed by atoms with Crippen molar-refractivity contribution in [2.24, 2.45) is 0 Å². The molecule has 2 aliphatic rings. The lowest BCUT2D eigenvalue weighted by molar-refractivity contribution is -0.119. The van der Waals surface area contributed by atoms with Gasteiger partial charge in [0.15, 0.2) is 0 Å².